The molecule has 0 bridgehead atoms. The molecule has 0 spiro atoms. The molecule has 1 saturated heterocycles. The number of halogens is 1. The summed E-state index contributed by atoms with van der Waals surface area (Å²) in [6.07, 6.45) is 1.98. The predicted octanol–water partition coefficient (Wildman–Crippen LogP) is 1.32. The van der Waals surface area contributed by atoms with Crippen molar-refractivity contribution in [3.63, 3.8) is 0 Å². The standard InChI is InChI=1S/C14H19FN2O2S/c15-13-4-2-1-3-11(13)9-20(18,19)17-7-10-5-6-14(16)12(10)8-17/h1-4,10,12,14H,5-9,16H2/t10-,12-,14-/m1/s1. The number of nitrogens with zero attached hydrogens (tertiary/aromatic N) is 1. The second kappa shape index (κ2) is 5.09. The van der Waals surface area contributed by atoms with Crippen LogP contribution in [0, 0.1) is 17.7 Å². The van der Waals surface area contributed by atoms with Crippen molar-refractivity contribution in [3.05, 3.63) is 35.6 Å². The Kier molecular flexibility index (Phi) is 3.56. The highest BCUT2D eigenvalue weighted by molar-refractivity contribution is 7.88. The number of fused-ring (bicyclic) bond motifs is 1. The maximum Gasteiger partial charge on any atom is 0.218 e. The summed E-state index contributed by atoms with van der Waals surface area (Å²) in [5.74, 6) is -0.0908. The smallest absolute Gasteiger partial charge is 0.218 e. The van der Waals surface area contributed by atoms with E-state index >= 15 is 0 Å². The zero-order valence-corrected chi connectivity index (χ0v) is 12.0. The zero-order valence-electron chi connectivity index (χ0n) is 11.2. The van der Waals surface area contributed by atoms with Gasteiger partial charge < -0.3 is 5.73 Å². The highest BCUT2D eigenvalue weighted by Gasteiger charge is 2.44. The molecule has 0 radical (unpaired) electrons. The fraction of sp³-hybridized carbons (Fsp3) is 0.571. The number of hydrogen-bond donors (Lipinski definition) is 1. The second-order valence-electron chi connectivity index (χ2n) is 5.83. The molecule has 3 rings (SSSR count). The Morgan fingerprint density at radius 1 is 1.25 bits per heavy atom. The molecule has 2 aliphatic rings. The van der Waals surface area contributed by atoms with Gasteiger partial charge in [0, 0.05) is 24.7 Å². The molecular formula is C14H19FN2O2S. The van der Waals surface area contributed by atoms with Gasteiger partial charge in [-0.25, -0.2) is 17.1 Å². The molecule has 0 amide bonds. The lowest BCUT2D eigenvalue weighted by Gasteiger charge is -2.18. The van der Waals surface area contributed by atoms with Gasteiger partial charge in [0.15, 0.2) is 0 Å². The van der Waals surface area contributed by atoms with E-state index in [1.54, 1.807) is 12.1 Å². The van der Waals surface area contributed by atoms with Gasteiger partial charge in [-0.2, -0.15) is 0 Å². The van der Waals surface area contributed by atoms with Crippen LogP contribution in [0.1, 0.15) is 18.4 Å². The van der Waals surface area contributed by atoms with E-state index in [2.05, 4.69) is 0 Å². The third-order valence-corrected chi connectivity index (χ3v) is 6.33. The van der Waals surface area contributed by atoms with Crippen molar-refractivity contribution in [1.29, 1.82) is 0 Å². The quantitative estimate of drug-likeness (QED) is 0.915. The van der Waals surface area contributed by atoms with Crippen LogP contribution in [0.2, 0.25) is 0 Å². The Labute approximate surface area is 118 Å². The topological polar surface area (TPSA) is 63.4 Å². The summed E-state index contributed by atoms with van der Waals surface area (Å²) in [4.78, 5) is 0. The molecule has 1 saturated carbocycles. The number of benzene rings is 1. The molecule has 0 unspecified atom stereocenters. The second-order valence-corrected chi connectivity index (χ2v) is 7.80. The van der Waals surface area contributed by atoms with E-state index in [-0.39, 0.29) is 23.3 Å². The van der Waals surface area contributed by atoms with Crippen LogP contribution in [0.4, 0.5) is 4.39 Å². The minimum absolute atomic E-state index is 0.105. The van der Waals surface area contributed by atoms with Crippen LogP contribution in [-0.2, 0) is 15.8 Å². The Bertz CT molecular complexity index is 605. The van der Waals surface area contributed by atoms with Crippen molar-refractivity contribution in [2.45, 2.75) is 24.6 Å². The van der Waals surface area contributed by atoms with Gasteiger partial charge in [-0.1, -0.05) is 18.2 Å². The summed E-state index contributed by atoms with van der Waals surface area (Å²) in [5.41, 5.74) is 6.25. The van der Waals surface area contributed by atoms with Gasteiger partial charge in [-0.05, 0) is 30.7 Å². The van der Waals surface area contributed by atoms with Crippen LogP contribution in [0.3, 0.4) is 0 Å². The van der Waals surface area contributed by atoms with Crippen molar-refractivity contribution in [2.24, 2.45) is 17.6 Å². The average Bonchev–Trinajstić information content (AvgIpc) is 2.95. The Morgan fingerprint density at radius 2 is 2.00 bits per heavy atom. The Morgan fingerprint density at radius 3 is 2.70 bits per heavy atom. The summed E-state index contributed by atoms with van der Waals surface area (Å²) in [5, 5.41) is 0. The molecule has 110 valence electrons. The minimum atomic E-state index is -3.46. The fourth-order valence-electron chi connectivity index (χ4n) is 3.40. The van der Waals surface area contributed by atoms with Gasteiger partial charge in [0.1, 0.15) is 5.82 Å². The number of sulfonamides is 1. The molecule has 2 N–H and O–H groups in total. The van der Waals surface area contributed by atoms with Crippen molar-refractivity contribution in [3.8, 4) is 0 Å². The van der Waals surface area contributed by atoms with Gasteiger partial charge in [-0.15, -0.1) is 0 Å². The van der Waals surface area contributed by atoms with E-state index in [9.17, 15) is 12.8 Å². The van der Waals surface area contributed by atoms with Crippen molar-refractivity contribution < 1.29 is 12.8 Å². The maximum absolute atomic E-state index is 13.6. The molecule has 1 aromatic rings. The molecule has 1 aliphatic heterocycles. The predicted molar refractivity (Wildman–Crippen MR) is 74.8 cm³/mol. The summed E-state index contributed by atoms with van der Waals surface area (Å²) < 4.78 is 39.9. The van der Waals surface area contributed by atoms with Gasteiger partial charge in [0.25, 0.3) is 0 Å². The summed E-state index contributed by atoms with van der Waals surface area (Å²) in [6.45, 7) is 1.03. The first-order valence-corrected chi connectivity index (χ1v) is 8.55. The van der Waals surface area contributed by atoms with E-state index in [0.717, 1.165) is 12.8 Å². The molecule has 4 nitrogen and oxygen atoms in total. The molecule has 2 fully saturated rings. The molecule has 1 heterocycles. The SMILES string of the molecule is N[C@@H]1CC[C@@H]2CN(S(=O)(=O)Cc3ccccc3F)C[C@H]21. The van der Waals surface area contributed by atoms with Crippen LogP contribution in [0.25, 0.3) is 0 Å². The monoisotopic (exact) mass is 298 g/mol. The molecule has 0 aromatic heterocycles. The van der Waals surface area contributed by atoms with Crippen LogP contribution in [-0.4, -0.2) is 31.9 Å². The van der Waals surface area contributed by atoms with Crippen LogP contribution in [0.15, 0.2) is 24.3 Å². The number of nitrogens with two attached hydrogens (primary N) is 1. The van der Waals surface area contributed by atoms with Gasteiger partial charge in [0.05, 0.1) is 5.75 Å². The molecule has 6 heteroatoms. The van der Waals surface area contributed by atoms with E-state index < -0.39 is 15.8 Å². The lowest BCUT2D eigenvalue weighted by atomic mass is 9.98. The van der Waals surface area contributed by atoms with Crippen molar-refractivity contribution >= 4 is 10.0 Å². The summed E-state index contributed by atoms with van der Waals surface area (Å²) in [7, 11) is -3.46. The summed E-state index contributed by atoms with van der Waals surface area (Å²) in [6, 6.07) is 6.14. The third kappa shape index (κ3) is 2.47. The van der Waals surface area contributed by atoms with Crippen molar-refractivity contribution in [2.75, 3.05) is 13.1 Å². The van der Waals surface area contributed by atoms with Crippen LogP contribution in [0.5, 0.6) is 0 Å². The first-order valence-electron chi connectivity index (χ1n) is 6.94. The maximum atomic E-state index is 13.6. The van der Waals surface area contributed by atoms with E-state index in [0.29, 0.717) is 19.0 Å². The molecule has 20 heavy (non-hydrogen) atoms. The lowest BCUT2D eigenvalue weighted by Crippen LogP contribution is -2.34. The summed E-state index contributed by atoms with van der Waals surface area (Å²) >= 11 is 0. The van der Waals surface area contributed by atoms with Gasteiger partial charge in [-0.3, -0.25) is 0 Å². The van der Waals surface area contributed by atoms with E-state index in [4.69, 9.17) is 5.73 Å². The van der Waals surface area contributed by atoms with E-state index in [1.165, 1.54) is 16.4 Å². The van der Waals surface area contributed by atoms with Crippen molar-refractivity contribution in [1.82, 2.24) is 4.31 Å². The largest absolute Gasteiger partial charge is 0.327 e. The fourth-order valence-corrected chi connectivity index (χ4v) is 5.02. The number of hydrogen-bond acceptors (Lipinski definition) is 3. The van der Waals surface area contributed by atoms with E-state index in [1.807, 2.05) is 0 Å². The van der Waals surface area contributed by atoms with Gasteiger partial charge in [0.2, 0.25) is 10.0 Å². The highest BCUT2D eigenvalue weighted by Crippen LogP contribution is 2.38. The number of rotatable bonds is 3. The minimum Gasteiger partial charge on any atom is -0.327 e. The third-order valence-electron chi connectivity index (χ3n) is 4.57. The normalized spacial score (nSPS) is 30.6. The highest BCUT2D eigenvalue weighted by atomic mass is 32.2. The lowest BCUT2D eigenvalue weighted by molar-refractivity contribution is 0.426. The molecular weight excluding hydrogens is 279 g/mol. The average molecular weight is 298 g/mol. The van der Waals surface area contributed by atoms with Crippen LogP contribution >= 0.6 is 0 Å². The van der Waals surface area contributed by atoms with Gasteiger partial charge >= 0.3 is 0 Å². The first-order chi connectivity index (χ1) is 9.47. The molecule has 1 aromatic carbocycles. The zero-order chi connectivity index (χ0) is 14.3. The van der Waals surface area contributed by atoms with Crippen LogP contribution < -0.4 is 5.73 Å². The first kappa shape index (κ1) is 14.0. The Balaban J connectivity index is 1.75. The molecule has 3 atom stereocenters. The molecule has 1 aliphatic carbocycles. The Hall–Kier alpha value is -0.980.